The van der Waals surface area contributed by atoms with Gasteiger partial charge in [-0.3, -0.25) is 4.79 Å². The predicted octanol–water partition coefficient (Wildman–Crippen LogP) is 3.00. The number of ether oxygens (including phenoxy) is 1. The average Bonchev–Trinajstić information content (AvgIpc) is 2.20. The van der Waals surface area contributed by atoms with E-state index < -0.39 is 0 Å². The van der Waals surface area contributed by atoms with Gasteiger partial charge in [-0.05, 0) is 38.0 Å². The highest BCUT2D eigenvalue weighted by Crippen LogP contribution is 2.15. The smallest absolute Gasteiger partial charge is 0.134 e. The van der Waals surface area contributed by atoms with Crippen LogP contribution in [0.25, 0.3) is 0 Å². The first-order chi connectivity index (χ1) is 7.11. The van der Waals surface area contributed by atoms with Crippen molar-refractivity contribution in [2.75, 3.05) is 0 Å². The van der Waals surface area contributed by atoms with E-state index in [-0.39, 0.29) is 11.9 Å². The molecule has 1 rings (SSSR count). The van der Waals surface area contributed by atoms with Crippen LogP contribution in [0.2, 0.25) is 0 Å². The first-order valence-electron chi connectivity index (χ1n) is 5.37. The van der Waals surface area contributed by atoms with Crippen molar-refractivity contribution in [3.8, 4) is 5.75 Å². The molecule has 0 saturated carbocycles. The summed E-state index contributed by atoms with van der Waals surface area (Å²) in [5, 5.41) is 0. The average molecular weight is 206 g/mol. The Morgan fingerprint density at radius 1 is 1.33 bits per heavy atom. The van der Waals surface area contributed by atoms with Crippen LogP contribution in [0.1, 0.15) is 32.8 Å². The van der Waals surface area contributed by atoms with Crippen molar-refractivity contribution >= 4 is 5.78 Å². The number of rotatable bonds is 5. The molecule has 2 nitrogen and oxygen atoms in total. The fourth-order valence-corrected chi connectivity index (χ4v) is 1.29. The van der Waals surface area contributed by atoms with Crippen molar-refractivity contribution in [3.05, 3.63) is 29.8 Å². The van der Waals surface area contributed by atoms with Crippen LogP contribution in [0, 0.1) is 0 Å². The quantitative estimate of drug-likeness (QED) is 0.740. The highest BCUT2D eigenvalue weighted by molar-refractivity contribution is 5.78. The van der Waals surface area contributed by atoms with Gasteiger partial charge in [-0.25, -0.2) is 0 Å². The van der Waals surface area contributed by atoms with Crippen LogP contribution in [0.4, 0.5) is 0 Å². The zero-order valence-electron chi connectivity index (χ0n) is 9.62. The summed E-state index contributed by atoms with van der Waals surface area (Å²) >= 11 is 0. The molecule has 0 spiro atoms. The van der Waals surface area contributed by atoms with Crippen molar-refractivity contribution in [3.63, 3.8) is 0 Å². The van der Waals surface area contributed by atoms with Crippen molar-refractivity contribution in [1.29, 1.82) is 0 Å². The molecule has 1 aromatic carbocycles. The van der Waals surface area contributed by atoms with Crippen LogP contribution in [-0.4, -0.2) is 11.9 Å². The highest BCUT2D eigenvalue weighted by Gasteiger charge is 2.01. The lowest BCUT2D eigenvalue weighted by atomic mass is 10.1. The van der Waals surface area contributed by atoms with E-state index in [0.29, 0.717) is 6.42 Å². The molecule has 0 aliphatic carbocycles. The SMILES string of the molecule is CCC(C)Oc1ccc(CC(C)=O)cc1. The minimum Gasteiger partial charge on any atom is -0.491 e. The Labute approximate surface area is 91.3 Å². The molecule has 0 N–H and O–H groups in total. The molecule has 0 aliphatic heterocycles. The van der Waals surface area contributed by atoms with Crippen LogP contribution in [-0.2, 0) is 11.2 Å². The highest BCUT2D eigenvalue weighted by atomic mass is 16.5. The molecule has 1 aromatic rings. The third-order valence-electron chi connectivity index (χ3n) is 2.29. The minimum absolute atomic E-state index is 0.186. The van der Waals surface area contributed by atoms with Crippen molar-refractivity contribution < 1.29 is 9.53 Å². The Bertz CT molecular complexity index is 314. The van der Waals surface area contributed by atoms with Gasteiger partial charge in [0, 0.05) is 6.42 Å². The first-order valence-corrected chi connectivity index (χ1v) is 5.37. The van der Waals surface area contributed by atoms with Crippen LogP contribution >= 0.6 is 0 Å². The summed E-state index contributed by atoms with van der Waals surface area (Å²) in [6.45, 7) is 5.74. The van der Waals surface area contributed by atoms with Gasteiger partial charge >= 0.3 is 0 Å². The molecule has 0 fully saturated rings. The zero-order valence-corrected chi connectivity index (χ0v) is 9.62. The number of Topliss-reactive ketones (excluding diaryl/α,β-unsaturated/α-hetero) is 1. The van der Waals surface area contributed by atoms with Crippen LogP contribution < -0.4 is 4.74 Å². The third kappa shape index (κ3) is 4.15. The molecular formula is C13H18O2. The van der Waals surface area contributed by atoms with E-state index in [0.717, 1.165) is 17.7 Å². The van der Waals surface area contributed by atoms with Crippen LogP contribution in [0.15, 0.2) is 24.3 Å². The number of benzene rings is 1. The molecule has 1 atom stereocenters. The lowest BCUT2D eigenvalue weighted by molar-refractivity contribution is -0.116. The maximum absolute atomic E-state index is 10.9. The van der Waals surface area contributed by atoms with E-state index in [1.807, 2.05) is 31.2 Å². The molecule has 0 radical (unpaired) electrons. The van der Waals surface area contributed by atoms with Gasteiger partial charge in [-0.2, -0.15) is 0 Å². The van der Waals surface area contributed by atoms with E-state index >= 15 is 0 Å². The Balaban J connectivity index is 2.60. The van der Waals surface area contributed by atoms with Crippen LogP contribution in [0.3, 0.4) is 0 Å². The van der Waals surface area contributed by atoms with Gasteiger partial charge in [-0.1, -0.05) is 19.1 Å². The van der Waals surface area contributed by atoms with Gasteiger partial charge < -0.3 is 4.74 Å². The fraction of sp³-hybridized carbons (Fsp3) is 0.462. The summed E-state index contributed by atoms with van der Waals surface area (Å²) in [5.41, 5.74) is 1.04. The number of carbonyl (C=O) groups excluding carboxylic acids is 1. The Morgan fingerprint density at radius 2 is 1.93 bits per heavy atom. The van der Waals surface area contributed by atoms with E-state index in [1.165, 1.54) is 0 Å². The first kappa shape index (κ1) is 11.8. The normalized spacial score (nSPS) is 12.2. The summed E-state index contributed by atoms with van der Waals surface area (Å²) in [7, 11) is 0. The second-order valence-electron chi connectivity index (χ2n) is 3.86. The predicted molar refractivity (Wildman–Crippen MR) is 61.2 cm³/mol. The molecule has 1 unspecified atom stereocenters. The van der Waals surface area contributed by atoms with E-state index in [1.54, 1.807) is 6.92 Å². The summed E-state index contributed by atoms with van der Waals surface area (Å²) in [6, 6.07) is 7.73. The van der Waals surface area contributed by atoms with Gasteiger partial charge in [0.05, 0.1) is 6.10 Å². The van der Waals surface area contributed by atoms with Gasteiger partial charge in [0.1, 0.15) is 11.5 Å². The number of hydrogen-bond donors (Lipinski definition) is 0. The fourth-order valence-electron chi connectivity index (χ4n) is 1.29. The van der Waals surface area contributed by atoms with Crippen molar-refractivity contribution in [2.45, 2.75) is 39.7 Å². The Kier molecular flexibility index (Phi) is 4.35. The summed E-state index contributed by atoms with van der Waals surface area (Å²) < 4.78 is 5.64. The van der Waals surface area contributed by atoms with E-state index in [2.05, 4.69) is 6.92 Å². The van der Waals surface area contributed by atoms with Gasteiger partial charge in [0.25, 0.3) is 0 Å². The molecule has 15 heavy (non-hydrogen) atoms. The minimum atomic E-state index is 0.186. The molecule has 0 heterocycles. The molecule has 0 saturated heterocycles. The van der Waals surface area contributed by atoms with Gasteiger partial charge in [-0.15, -0.1) is 0 Å². The summed E-state index contributed by atoms with van der Waals surface area (Å²) in [4.78, 5) is 10.9. The Morgan fingerprint density at radius 3 is 2.40 bits per heavy atom. The monoisotopic (exact) mass is 206 g/mol. The molecule has 0 bridgehead atoms. The molecular weight excluding hydrogens is 188 g/mol. The number of carbonyl (C=O) groups is 1. The number of hydrogen-bond acceptors (Lipinski definition) is 2. The Hall–Kier alpha value is -1.31. The zero-order chi connectivity index (χ0) is 11.3. The second kappa shape index (κ2) is 5.54. The maximum Gasteiger partial charge on any atom is 0.134 e. The molecule has 2 heteroatoms. The molecule has 82 valence electrons. The maximum atomic E-state index is 10.9. The van der Waals surface area contributed by atoms with E-state index in [9.17, 15) is 4.79 Å². The molecule has 0 amide bonds. The largest absolute Gasteiger partial charge is 0.491 e. The number of ketones is 1. The van der Waals surface area contributed by atoms with Crippen molar-refractivity contribution in [1.82, 2.24) is 0 Å². The summed E-state index contributed by atoms with van der Waals surface area (Å²) in [5.74, 6) is 1.06. The second-order valence-corrected chi connectivity index (χ2v) is 3.86. The molecule has 0 aliphatic rings. The standard InChI is InChI=1S/C13H18O2/c1-4-11(3)15-13-7-5-12(6-8-13)9-10(2)14/h5-8,11H,4,9H2,1-3H3. The lowest BCUT2D eigenvalue weighted by Gasteiger charge is -2.12. The topological polar surface area (TPSA) is 26.3 Å². The van der Waals surface area contributed by atoms with Gasteiger partial charge in [0.2, 0.25) is 0 Å². The summed E-state index contributed by atoms with van der Waals surface area (Å²) in [6.07, 6.45) is 1.74. The van der Waals surface area contributed by atoms with Crippen LogP contribution in [0.5, 0.6) is 5.75 Å². The molecule has 0 aromatic heterocycles. The van der Waals surface area contributed by atoms with E-state index in [4.69, 9.17) is 4.74 Å². The third-order valence-corrected chi connectivity index (χ3v) is 2.29. The van der Waals surface area contributed by atoms with Gasteiger partial charge in [0.15, 0.2) is 0 Å². The lowest BCUT2D eigenvalue weighted by Crippen LogP contribution is -2.09. The van der Waals surface area contributed by atoms with Crippen molar-refractivity contribution in [2.24, 2.45) is 0 Å².